The maximum Gasteiger partial charge on any atom is 0.356 e. The third-order valence-electron chi connectivity index (χ3n) is 2.45. The van der Waals surface area contributed by atoms with Crippen LogP contribution in [0.15, 0.2) is 18.3 Å². The molecule has 2 rings (SSSR count). The Labute approximate surface area is 98.8 Å². The van der Waals surface area contributed by atoms with E-state index < -0.39 is 5.97 Å². The number of nitrogens with one attached hydrogen (secondary N) is 1. The molecule has 1 saturated heterocycles. The molecule has 0 bridgehead atoms. The van der Waals surface area contributed by atoms with Gasteiger partial charge in [0.25, 0.3) is 0 Å². The van der Waals surface area contributed by atoms with Gasteiger partial charge in [0.2, 0.25) is 0 Å². The van der Waals surface area contributed by atoms with Crippen molar-refractivity contribution in [2.75, 3.05) is 23.9 Å². The SMILES string of the molecule is COC(=O)c1cc(NC2CCSC2)ccn1. The van der Waals surface area contributed by atoms with Gasteiger partial charge in [-0.1, -0.05) is 0 Å². The van der Waals surface area contributed by atoms with E-state index in [1.165, 1.54) is 19.3 Å². The molecular formula is C11H14N2O2S. The maximum atomic E-state index is 11.3. The summed E-state index contributed by atoms with van der Waals surface area (Å²) < 4.78 is 4.63. The molecule has 0 spiro atoms. The van der Waals surface area contributed by atoms with Crippen LogP contribution in [0, 0.1) is 0 Å². The third kappa shape index (κ3) is 2.66. The van der Waals surface area contributed by atoms with Gasteiger partial charge >= 0.3 is 5.97 Å². The second kappa shape index (κ2) is 5.21. The first-order chi connectivity index (χ1) is 7.79. The Balaban J connectivity index is 2.06. The van der Waals surface area contributed by atoms with Crippen molar-refractivity contribution < 1.29 is 9.53 Å². The Kier molecular flexibility index (Phi) is 3.66. The lowest BCUT2D eigenvalue weighted by Gasteiger charge is -2.12. The van der Waals surface area contributed by atoms with E-state index in [1.807, 2.05) is 17.8 Å². The fourth-order valence-electron chi connectivity index (χ4n) is 1.62. The smallest absolute Gasteiger partial charge is 0.356 e. The number of hydrogen-bond donors (Lipinski definition) is 1. The van der Waals surface area contributed by atoms with E-state index in [0.29, 0.717) is 11.7 Å². The average Bonchev–Trinajstić information content (AvgIpc) is 2.81. The molecule has 4 nitrogen and oxygen atoms in total. The molecule has 0 amide bonds. The second-order valence-electron chi connectivity index (χ2n) is 3.63. The molecule has 16 heavy (non-hydrogen) atoms. The van der Waals surface area contributed by atoms with Crippen LogP contribution in [0.4, 0.5) is 5.69 Å². The molecule has 0 aromatic carbocycles. The van der Waals surface area contributed by atoms with E-state index in [4.69, 9.17) is 0 Å². The van der Waals surface area contributed by atoms with Gasteiger partial charge in [-0.2, -0.15) is 11.8 Å². The van der Waals surface area contributed by atoms with Gasteiger partial charge < -0.3 is 10.1 Å². The summed E-state index contributed by atoms with van der Waals surface area (Å²) in [6, 6.07) is 4.10. The second-order valence-corrected chi connectivity index (χ2v) is 4.78. The number of ether oxygens (including phenoxy) is 1. The van der Waals surface area contributed by atoms with Gasteiger partial charge in [-0.15, -0.1) is 0 Å². The third-order valence-corrected chi connectivity index (χ3v) is 3.62. The van der Waals surface area contributed by atoms with Crippen LogP contribution in [-0.2, 0) is 4.74 Å². The molecule has 2 heterocycles. The van der Waals surface area contributed by atoms with Gasteiger partial charge in [-0.3, -0.25) is 0 Å². The molecule has 5 heteroatoms. The Morgan fingerprint density at radius 1 is 1.69 bits per heavy atom. The monoisotopic (exact) mass is 238 g/mol. The van der Waals surface area contributed by atoms with E-state index >= 15 is 0 Å². The number of anilines is 1. The van der Waals surface area contributed by atoms with Gasteiger partial charge in [-0.25, -0.2) is 9.78 Å². The quantitative estimate of drug-likeness (QED) is 0.814. The fourth-order valence-corrected chi connectivity index (χ4v) is 2.77. The molecule has 86 valence electrons. The highest BCUT2D eigenvalue weighted by atomic mass is 32.2. The predicted molar refractivity (Wildman–Crippen MR) is 64.9 cm³/mol. The fraction of sp³-hybridized carbons (Fsp3) is 0.455. The van der Waals surface area contributed by atoms with Crippen molar-refractivity contribution in [1.82, 2.24) is 4.98 Å². The highest BCUT2D eigenvalue weighted by Crippen LogP contribution is 2.21. The van der Waals surface area contributed by atoms with Crippen molar-refractivity contribution in [3.63, 3.8) is 0 Å². The molecule has 1 atom stereocenters. The van der Waals surface area contributed by atoms with E-state index in [0.717, 1.165) is 11.4 Å². The summed E-state index contributed by atoms with van der Waals surface area (Å²) >= 11 is 1.95. The molecule has 1 aliphatic rings. The molecule has 1 fully saturated rings. The molecule has 1 N–H and O–H groups in total. The van der Waals surface area contributed by atoms with Crippen LogP contribution in [0.2, 0.25) is 0 Å². The maximum absolute atomic E-state index is 11.3. The Morgan fingerprint density at radius 3 is 3.25 bits per heavy atom. The van der Waals surface area contributed by atoms with E-state index in [9.17, 15) is 4.79 Å². The van der Waals surface area contributed by atoms with Crippen LogP contribution >= 0.6 is 11.8 Å². The van der Waals surface area contributed by atoms with Gasteiger partial charge in [0.1, 0.15) is 5.69 Å². The van der Waals surface area contributed by atoms with Crippen molar-refractivity contribution in [1.29, 1.82) is 0 Å². The molecule has 0 radical (unpaired) electrons. The zero-order valence-corrected chi connectivity index (χ0v) is 9.92. The lowest BCUT2D eigenvalue weighted by Crippen LogP contribution is -2.18. The summed E-state index contributed by atoms with van der Waals surface area (Å²) in [7, 11) is 1.36. The van der Waals surface area contributed by atoms with Gasteiger partial charge in [0, 0.05) is 23.7 Å². The molecule has 1 aliphatic heterocycles. The number of aromatic nitrogens is 1. The number of rotatable bonds is 3. The summed E-state index contributed by atoms with van der Waals surface area (Å²) in [6.45, 7) is 0. The molecular weight excluding hydrogens is 224 g/mol. The summed E-state index contributed by atoms with van der Waals surface area (Å²) in [5.41, 5.74) is 1.28. The molecule has 0 saturated carbocycles. The number of pyridine rings is 1. The minimum atomic E-state index is -0.399. The molecule has 0 aliphatic carbocycles. The standard InChI is InChI=1S/C11H14N2O2S/c1-15-11(14)10-6-8(2-4-12-10)13-9-3-5-16-7-9/h2,4,6,9H,3,5,7H2,1H3,(H,12,13). The zero-order valence-electron chi connectivity index (χ0n) is 9.10. The zero-order chi connectivity index (χ0) is 11.4. The van der Waals surface area contributed by atoms with Gasteiger partial charge in [0.05, 0.1) is 7.11 Å². The van der Waals surface area contributed by atoms with Crippen molar-refractivity contribution >= 4 is 23.4 Å². The predicted octanol–water partition coefficient (Wildman–Crippen LogP) is 1.79. The lowest BCUT2D eigenvalue weighted by atomic mass is 10.2. The van der Waals surface area contributed by atoms with Crippen LogP contribution in [0.25, 0.3) is 0 Å². The minimum Gasteiger partial charge on any atom is -0.464 e. The van der Waals surface area contributed by atoms with Gasteiger partial charge in [-0.05, 0) is 24.3 Å². The largest absolute Gasteiger partial charge is 0.464 e. The number of carbonyl (C=O) groups excluding carboxylic acids is 1. The van der Waals surface area contributed by atoms with Crippen LogP contribution in [0.1, 0.15) is 16.9 Å². The van der Waals surface area contributed by atoms with Crippen molar-refractivity contribution in [3.05, 3.63) is 24.0 Å². The van der Waals surface area contributed by atoms with E-state index in [2.05, 4.69) is 15.0 Å². The minimum absolute atomic E-state index is 0.346. The summed E-state index contributed by atoms with van der Waals surface area (Å²) in [6.07, 6.45) is 2.79. The summed E-state index contributed by atoms with van der Waals surface area (Å²) in [5, 5.41) is 3.39. The highest BCUT2D eigenvalue weighted by Gasteiger charge is 2.15. The first kappa shape index (κ1) is 11.3. The van der Waals surface area contributed by atoms with Crippen molar-refractivity contribution in [3.8, 4) is 0 Å². The summed E-state index contributed by atoms with van der Waals surface area (Å²) in [5.74, 6) is 1.92. The molecule has 1 aromatic heterocycles. The van der Waals surface area contributed by atoms with Crippen molar-refractivity contribution in [2.24, 2.45) is 0 Å². The Morgan fingerprint density at radius 2 is 2.56 bits per heavy atom. The first-order valence-electron chi connectivity index (χ1n) is 5.18. The number of methoxy groups -OCH3 is 1. The van der Waals surface area contributed by atoms with Crippen LogP contribution in [-0.4, -0.2) is 35.6 Å². The highest BCUT2D eigenvalue weighted by molar-refractivity contribution is 7.99. The number of carbonyl (C=O) groups is 1. The molecule has 1 unspecified atom stereocenters. The topological polar surface area (TPSA) is 51.2 Å². The lowest BCUT2D eigenvalue weighted by molar-refractivity contribution is 0.0594. The Hall–Kier alpha value is -1.23. The normalized spacial score (nSPS) is 19.4. The molecule has 1 aromatic rings. The summed E-state index contributed by atoms with van der Waals surface area (Å²) in [4.78, 5) is 15.3. The van der Waals surface area contributed by atoms with Crippen molar-refractivity contribution in [2.45, 2.75) is 12.5 Å². The van der Waals surface area contributed by atoms with Crippen LogP contribution in [0.5, 0.6) is 0 Å². The Bertz CT molecular complexity index is 378. The van der Waals surface area contributed by atoms with E-state index in [-0.39, 0.29) is 0 Å². The van der Waals surface area contributed by atoms with Crippen LogP contribution < -0.4 is 5.32 Å². The van der Waals surface area contributed by atoms with Crippen LogP contribution in [0.3, 0.4) is 0 Å². The number of hydrogen-bond acceptors (Lipinski definition) is 5. The van der Waals surface area contributed by atoms with Gasteiger partial charge in [0.15, 0.2) is 0 Å². The van der Waals surface area contributed by atoms with E-state index in [1.54, 1.807) is 12.3 Å². The first-order valence-corrected chi connectivity index (χ1v) is 6.33. The number of nitrogens with zero attached hydrogens (tertiary/aromatic N) is 1. The number of thioether (sulfide) groups is 1. The average molecular weight is 238 g/mol. The number of esters is 1.